The monoisotopic (exact) mass is 392 g/mol. The number of halogens is 2. The Kier molecular flexibility index (Phi) is 6.18. The molecule has 2 N–H and O–H groups in total. The average molecular weight is 393 g/mol. The lowest BCUT2D eigenvalue weighted by Gasteiger charge is -2.20. The zero-order chi connectivity index (χ0) is 19.2. The van der Waals surface area contributed by atoms with Crippen LogP contribution in [0.1, 0.15) is 32.1 Å². The Morgan fingerprint density at radius 3 is 2.52 bits per heavy atom. The molecule has 1 aromatic carbocycles. The van der Waals surface area contributed by atoms with Gasteiger partial charge in [0.2, 0.25) is 5.91 Å². The van der Waals surface area contributed by atoms with Crippen molar-refractivity contribution in [2.45, 2.75) is 32.1 Å². The molecule has 0 radical (unpaired) electrons. The molecule has 2 aromatic rings. The second-order valence-electron chi connectivity index (χ2n) is 6.21. The van der Waals surface area contributed by atoms with Crippen molar-refractivity contribution in [3.05, 3.63) is 41.4 Å². The van der Waals surface area contributed by atoms with E-state index in [-0.39, 0.29) is 29.3 Å². The number of hydrogen-bond donors (Lipinski definition) is 2. The van der Waals surface area contributed by atoms with Gasteiger partial charge in [0.05, 0.1) is 17.4 Å². The molecule has 3 amide bonds. The van der Waals surface area contributed by atoms with Gasteiger partial charge in [-0.1, -0.05) is 30.9 Å². The maximum atomic E-state index is 14.2. The molecule has 0 saturated heterocycles. The van der Waals surface area contributed by atoms with E-state index in [9.17, 15) is 14.0 Å². The van der Waals surface area contributed by atoms with E-state index < -0.39 is 11.8 Å². The zero-order valence-electron chi connectivity index (χ0n) is 14.4. The molecular formula is C18H18ClFN4O3. The minimum atomic E-state index is -0.718. The quantitative estimate of drug-likeness (QED) is 0.809. The van der Waals surface area contributed by atoms with Crippen LogP contribution >= 0.6 is 11.6 Å². The molecule has 7 nitrogen and oxygen atoms in total. The van der Waals surface area contributed by atoms with Crippen molar-refractivity contribution in [1.29, 1.82) is 0 Å². The minimum absolute atomic E-state index is 0.0603. The molecule has 1 heterocycles. The number of aromatic nitrogens is 2. The topological polar surface area (TPSA) is 93.2 Å². The first kappa shape index (κ1) is 19.0. The van der Waals surface area contributed by atoms with Crippen molar-refractivity contribution in [2.75, 3.05) is 5.32 Å². The van der Waals surface area contributed by atoms with E-state index >= 15 is 0 Å². The molecule has 3 rings (SSSR count). The largest absolute Gasteiger partial charge is 0.421 e. The smallest absolute Gasteiger partial charge is 0.325 e. The maximum Gasteiger partial charge on any atom is 0.325 e. The number of ether oxygens (including phenoxy) is 1. The number of urea groups is 1. The van der Waals surface area contributed by atoms with Crippen molar-refractivity contribution < 1.29 is 18.7 Å². The van der Waals surface area contributed by atoms with Crippen LogP contribution in [0.5, 0.6) is 11.8 Å². The van der Waals surface area contributed by atoms with Crippen LogP contribution in [0.25, 0.3) is 0 Å². The number of amides is 3. The SMILES string of the molecule is O=C(NC(=O)C1CCCCC1)Nc1ccc(Oc2ncc(Cl)cn2)c(F)c1. The van der Waals surface area contributed by atoms with Crippen LogP contribution in [-0.4, -0.2) is 21.9 Å². The van der Waals surface area contributed by atoms with Gasteiger partial charge in [-0.2, -0.15) is 0 Å². The Balaban J connectivity index is 1.57. The highest BCUT2D eigenvalue weighted by molar-refractivity contribution is 6.30. The Hall–Kier alpha value is -2.74. The predicted molar refractivity (Wildman–Crippen MR) is 97.3 cm³/mol. The fraction of sp³-hybridized carbons (Fsp3) is 0.333. The van der Waals surface area contributed by atoms with Gasteiger partial charge in [0.15, 0.2) is 11.6 Å². The van der Waals surface area contributed by atoms with Crippen molar-refractivity contribution in [1.82, 2.24) is 15.3 Å². The lowest BCUT2D eigenvalue weighted by Crippen LogP contribution is -2.39. The van der Waals surface area contributed by atoms with E-state index in [4.69, 9.17) is 16.3 Å². The molecule has 1 saturated carbocycles. The van der Waals surface area contributed by atoms with Crippen molar-refractivity contribution in [2.24, 2.45) is 5.92 Å². The summed E-state index contributed by atoms with van der Waals surface area (Å²) >= 11 is 5.68. The third-order valence-electron chi connectivity index (χ3n) is 4.20. The summed E-state index contributed by atoms with van der Waals surface area (Å²) in [5.41, 5.74) is 0.186. The molecule has 142 valence electrons. The minimum Gasteiger partial charge on any atom is -0.421 e. The normalized spacial score (nSPS) is 14.4. The van der Waals surface area contributed by atoms with Gasteiger partial charge in [-0.25, -0.2) is 19.2 Å². The summed E-state index contributed by atoms with van der Waals surface area (Å²) < 4.78 is 19.4. The van der Waals surface area contributed by atoms with Crippen LogP contribution in [-0.2, 0) is 4.79 Å². The van der Waals surface area contributed by atoms with Crippen LogP contribution in [0.3, 0.4) is 0 Å². The van der Waals surface area contributed by atoms with Crippen LogP contribution in [0.2, 0.25) is 5.02 Å². The Bertz CT molecular complexity index is 826. The van der Waals surface area contributed by atoms with Gasteiger partial charge >= 0.3 is 12.0 Å². The molecule has 1 aliphatic rings. The maximum absolute atomic E-state index is 14.2. The summed E-state index contributed by atoms with van der Waals surface area (Å²) in [6, 6.07) is 3.09. The summed E-state index contributed by atoms with van der Waals surface area (Å²) in [6.45, 7) is 0. The molecule has 27 heavy (non-hydrogen) atoms. The number of hydrogen-bond acceptors (Lipinski definition) is 5. The molecule has 9 heteroatoms. The molecule has 1 aromatic heterocycles. The molecule has 0 atom stereocenters. The van der Waals surface area contributed by atoms with Crippen molar-refractivity contribution in [3.63, 3.8) is 0 Å². The number of benzene rings is 1. The van der Waals surface area contributed by atoms with E-state index in [1.54, 1.807) is 0 Å². The number of anilines is 1. The second kappa shape index (κ2) is 8.77. The van der Waals surface area contributed by atoms with Gasteiger partial charge in [0, 0.05) is 17.7 Å². The van der Waals surface area contributed by atoms with Crippen molar-refractivity contribution in [3.8, 4) is 11.8 Å². The Morgan fingerprint density at radius 2 is 1.85 bits per heavy atom. The molecule has 1 aliphatic carbocycles. The van der Waals surface area contributed by atoms with E-state index in [1.807, 2.05) is 0 Å². The van der Waals surface area contributed by atoms with Gasteiger partial charge in [0.25, 0.3) is 0 Å². The number of nitrogens with zero attached hydrogens (tertiary/aromatic N) is 2. The van der Waals surface area contributed by atoms with Crippen molar-refractivity contribution >= 4 is 29.2 Å². The number of carbonyl (C=O) groups excluding carboxylic acids is 2. The number of rotatable bonds is 4. The predicted octanol–water partition coefficient (Wildman–Crippen LogP) is 4.29. The third-order valence-corrected chi connectivity index (χ3v) is 4.40. The summed E-state index contributed by atoms with van der Waals surface area (Å²) in [7, 11) is 0. The van der Waals surface area contributed by atoms with Gasteiger partial charge in [-0.3, -0.25) is 10.1 Å². The first-order chi connectivity index (χ1) is 13.0. The molecule has 0 bridgehead atoms. The fourth-order valence-electron chi connectivity index (χ4n) is 2.85. The lowest BCUT2D eigenvalue weighted by atomic mass is 9.89. The molecule has 1 fully saturated rings. The second-order valence-corrected chi connectivity index (χ2v) is 6.65. The van der Waals surface area contributed by atoms with Crippen LogP contribution in [0, 0.1) is 11.7 Å². The Labute approximate surface area is 160 Å². The van der Waals surface area contributed by atoms with Crippen LogP contribution in [0.15, 0.2) is 30.6 Å². The van der Waals surface area contributed by atoms with Gasteiger partial charge in [0.1, 0.15) is 0 Å². The summed E-state index contributed by atoms with van der Waals surface area (Å²) in [4.78, 5) is 31.6. The molecular weight excluding hydrogens is 375 g/mol. The average Bonchev–Trinajstić information content (AvgIpc) is 2.66. The molecule has 0 unspecified atom stereocenters. The van der Waals surface area contributed by atoms with Crippen LogP contribution < -0.4 is 15.4 Å². The van der Waals surface area contributed by atoms with Gasteiger partial charge in [-0.05, 0) is 25.0 Å². The first-order valence-electron chi connectivity index (χ1n) is 8.58. The number of nitrogens with one attached hydrogen (secondary N) is 2. The summed E-state index contributed by atoms with van der Waals surface area (Å²) in [6.07, 6.45) is 7.31. The third kappa shape index (κ3) is 5.37. The molecule has 0 aliphatic heterocycles. The summed E-state index contributed by atoms with van der Waals surface area (Å²) in [5, 5.41) is 5.07. The molecule has 0 spiro atoms. The number of carbonyl (C=O) groups is 2. The zero-order valence-corrected chi connectivity index (χ0v) is 15.1. The van der Waals surface area contributed by atoms with E-state index in [0.29, 0.717) is 5.02 Å². The standard InChI is InChI=1S/C18H18ClFN4O3/c19-12-9-21-18(22-10-12)27-15-7-6-13(8-14(15)20)23-17(26)24-16(25)11-4-2-1-3-5-11/h6-11H,1-5H2,(H2,23,24,25,26). The van der Waals surface area contributed by atoms with E-state index in [2.05, 4.69) is 20.6 Å². The highest BCUT2D eigenvalue weighted by Gasteiger charge is 2.22. The van der Waals surface area contributed by atoms with E-state index in [0.717, 1.165) is 38.2 Å². The van der Waals surface area contributed by atoms with Gasteiger partial charge < -0.3 is 10.1 Å². The number of imide groups is 1. The van der Waals surface area contributed by atoms with E-state index in [1.165, 1.54) is 24.5 Å². The fourth-order valence-corrected chi connectivity index (χ4v) is 2.95. The highest BCUT2D eigenvalue weighted by atomic mass is 35.5. The summed E-state index contributed by atoms with van der Waals surface area (Å²) in [5.74, 6) is -1.27. The van der Waals surface area contributed by atoms with Crippen LogP contribution in [0.4, 0.5) is 14.9 Å². The highest BCUT2D eigenvalue weighted by Crippen LogP contribution is 2.25. The lowest BCUT2D eigenvalue weighted by molar-refractivity contribution is -0.124. The Morgan fingerprint density at radius 1 is 1.15 bits per heavy atom. The first-order valence-corrected chi connectivity index (χ1v) is 8.96. The van der Waals surface area contributed by atoms with Gasteiger partial charge in [-0.15, -0.1) is 0 Å².